The molecular weight excluding hydrogens is 390 g/mol. The van der Waals surface area contributed by atoms with Gasteiger partial charge < -0.3 is 14.8 Å². The van der Waals surface area contributed by atoms with E-state index < -0.39 is 11.9 Å². The van der Waals surface area contributed by atoms with Gasteiger partial charge >= 0.3 is 11.9 Å². The third-order valence-electron chi connectivity index (χ3n) is 4.89. The minimum Gasteiger partial charge on any atom is -0.462 e. The van der Waals surface area contributed by atoms with Crippen LogP contribution in [0.1, 0.15) is 49.4 Å². The Morgan fingerprint density at radius 1 is 1.07 bits per heavy atom. The van der Waals surface area contributed by atoms with E-state index >= 15 is 0 Å². The SMILES string of the molecule is CCOC(=O)c1c(-c2ccccc2)csc1NC(=O)COC(=O)C1CCCCC1. The molecule has 0 bridgehead atoms. The van der Waals surface area contributed by atoms with Crippen LogP contribution in [0.25, 0.3) is 11.1 Å². The van der Waals surface area contributed by atoms with Crippen LogP contribution in [0.3, 0.4) is 0 Å². The molecular formula is C22H25NO5S. The molecule has 2 aromatic rings. The Bertz CT molecular complexity index is 855. The lowest BCUT2D eigenvalue weighted by molar-refractivity contribution is -0.152. The molecule has 1 amide bonds. The number of hydrogen-bond donors (Lipinski definition) is 1. The van der Waals surface area contributed by atoms with Crippen LogP contribution in [0.5, 0.6) is 0 Å². The normalized spacial score (nSPS) is 14.2. The number of amides is 1. The van der Waals surface area contributed by atoms with Crippen molar-refractivity contribution in [3.8, 4) is 11.1 Å². The Kier molecular flexibility index (Phi) is 7.41. The van der Waals surface area contributed by atoms with E-state index in [0.29, 0.717) is 16.1 Å². The first-order valence-corrected chi connectivity index (χ1v) is 10.8. The van der Waals surface area contributed by atoms with E-state index in [1.54, 1.807) is 6.92 Å². The van der Waals surface area contributed by atoms with Gasteiger partial charge in [0.05, 0.1) is 12.5 Å². The molecule has 6 nitrogen and oxygen atoms in total. The fourth-order valence-electron chi connectivity index (χ4n) is 3.44. The first-order chi connectivity index (χ1) is 14.1. The van der Waals surface area contributed by atoms with Crippen molar-refractivity contribution in [1.29, 1.82) is 0 Å². The average Bonchev–Trinajstić information content (AvgIpc) is 3.17. The van der Waals surface area contributed by atoms with E-state index in [9.17, 15) is 14.4 Å². The van der Waals surface area contributed by atoms with E-state index in [4.69, 9.17) is 9.47 Å². The van der Waals surface area contributed by atoms with Gasteiger partial charge in [-0.05, 0) is 25.3 Å². The van der Waals surface area contributed by atoms with Crippen LogP contribution in [0.15, 0.2) is 35.7 Å². The van der Waals surface area contributed by atoms with Crippen molar-refractivity contribution >= 4 is 34.2 Å². The van der Waals surface area contributed by atoms with Crippen molar-refractivity contribution in [2.45, 2.75) is 39.0 Å². The van der Waals surface area contributed by atoms with Crippen molar-refractivity contribution in [3.63, 3.8) is 0 Å². The number of carbonyl (C=O) groups is 3. The molecule has 0 aliphatic heterocycles. The van der Waals surface area contributed by atoms with Gasteiger partial charge in [0.1, 0.15) is 10.6 Å². The Morgan fingerprint density at radius 3 is 2.48 bits per heavy atom. The molecule has 1 N–H and O–H groups in total. The fraction of sp³-hybridized carbons (Fsp3) is 0.409. The third-order valence-corrected chi connectivity index (χ3v) is 5.79. The summed E-state index contributed by atoms with van der Waals surface area (Å²) in [6.45, 7) is 1.60. The van der Waals surface area contributed by atoms with Gasteiger partial charge in [0, 0.05) is 10.9 Å². The molecule has 0 radical (unpaired) electrons. The third kappa shape index (κ3) is 5.44. The Labute approximate surface area is 174 Å². The molecule has 1 fully saturated rings. The highest BCUT2D eigenvalue weighted by Crippen LogP contribution is 2.36. The first-order valence-electron chi connectivity index (χ1n) is 9.90. The van der Waals surface area contributed by atoms with Crippen LogP contribution in [0.2, 0.25) is 0 Å². The molecule has 1 saturated carbocycles. The van der Waals surface area contributed by atoms with E-state index in [1.165, 1.54) is 11.3 Å². The Hall–Kier alpha value is -2.67. The Balaban J connectivity index is 1.69. The lowest BCUT2D eigenvalue weighted by Crippen LogP contribution is -2.26. The number of esters is 2. The highest BCUT2D eigenvalue weighted by atomic mass is 32.1. The minimum absolute atomic E-state index is 0.113. The number of hydrogen-bond acceptors (Lipinski definition) is 6. The van der Waals surface area contributed by atoms with Crippen molar-refractivity contribution in [3.05, 3.63) is 41.3 Å². The second-order valence-electron chi connectivity index (χ2n) is 6.93. The number of ether oxygens (including phenoxy) is 2. The van der Waals surface area contributed by atoms with Crippen LogP contribution < -0.4 is 5.32 Å². The van der Waals surface area contributed by atoms with Gasteiger partial charge in [-0.25, -0.2) is 4.79 Å². The van der Waals surface area contributed by atoms with Crippen LogP contribution in [0.4, 0.5) is 5.00 Å². The van der Waals surface area contributed by atoms with Crippen LogP contribution in [0, 0.1) is 5.92 Å². The number of carbonyl (C=O) groups excluding carboxylic acids is 3. The summed E-state index contributed by atoms with van der Waals surface area (Å²) in [5, 5.41) is 4.90. The van der Waals surface area contributed by atoms with E-state index in [1.807, 2.05) is 35.7 Å². The zero-order valence-electron chi connectivity index (χ0n) is 16.4. The summed E-state index contributed by atoms with van der Waals surface area (Å²) in [5.74, 6) is -1.40. The number of anilines is 1. The molecule has 0 atom stereocenters. The lowest BCUT2D eigenvalue weighted by atomic mass is 9.89. The van der Waals surface area contributed by atoms with E-state index in [2.05, 4.69) is 5.32 Å². The quantitative estimate of drug-likeness (QED) is 0.666. The predicted octanol–water partition coefficient (Wildman–Crippen LogP) is 4.65. The molecule has 1 aliphatic rings. The minimum atomic E-state index is -0.498. The van der Waals surface area contributed by atoms with Crippen LogP contribution in [-0.2, 0) is 19.1 Å². The average molecular weight is 416 g/mol. The second-order valence-corrected chi connectivity index (χ2v) is 7.81. The highest BCUT2D eigenvalue weighted by Gasteiger charge is 2.25. The van der Waals surface area contributed by atoms with E-state index in [-0.39, 0.29) is 25.1 Å². The van der Waals surface area contributed by atoms with Gasteiger partial charge in [0.25, 0.3) is 5.91 Å². The maximum absolute atomic E-state index is 12.5. The summed E-state index contributed by atoms with van der Waals surface area (Å²) in [7, 11) is 0. The number of rotatable bonds is 7. The molecule has 1 aliphatic carbocycles. The fourth-order valence-corrected chi connectivity index (χ4v) is 4.42. The van der Waals surface area contributed by atoms with Gasteiger partial charge in [-0.2, -0.15) is 0 Å². The smallest absolute Gasteiger partial charge is 0.341 e. The molecule has 1 aromatic carbocycles. The first kappa shape index (κ1) is 21.0. The lowest BCUT2D eigenvalue weighted by Gasteiger charge is -2.19. The summed E-state index contributed by atoms with van der Waals surface area (Å²) in [5.41, 5.74) is 1.87. The van der Waals surface area contributed by atoms with Crippen molar-refractivity contribution < 1.29 is 23.9 Å². The van der Waals surface area contributed by atoms with Gasteiger partial charge in [-0.15, -0.1) is 11.3 Å². The number of benzene rings is 1. The largest absolute Gasteiger partial charge is 0.462 e. The maximum atomic E-state index is 12.5. The summed E-state index contributed by atoms with van der Waals surface area (Å²) < 4.78 is 10.4. The maximum Gasteiger partial charge on any atom is 0.341 e. The molecule has 1 heterocycles. The summed E-state index contributed by atoms with van der Waals surface area (Å²) in [6.07, 6.45) is 4.82. The standard InChI is InChI=1S/C22H25NO5S/c1-2-27-22(26)19-17(15-9-5-3-6-10-15)14-29-20(19)23-18(24)13-28-21(25)16-11-7-4-8-12-16/h3,5-6,9-10,14,16H,2,4,7-8,11-13H2,1H3,(H,23,24). The van der Waals surface area contributed by atoms with Gasteiger partial charge in [0.15, 0.2) is 6.61 Å². The monoisotopic (exact) mass is 415 g/mol. The zero-order valence-corrected chi connectivity index (χ0v) is 17.3. The topological polar surface area (TPSA) is 81.7 Å². The number of nitrogens with one attached hydrogen (secondary N) is 1. The van der Waals surface area contributed by atoms with Gasteiger partial charge in [-0.1, -0.05) is 49.6 Å². The van der Waals surface area contributed by atoms with Crippen molar-refractivity contribution in [2.24, 2.45) is 5.92 Å². The van der Waals surface area contributed by atoms with Crippen molar-refractivity contribution in [2.75, 3.05) is 18.5 Å². The van der Waals surface area contributed by atoms with Crippen LogP contribution >= 0.6 is 11.3 Å². The molecule has 0 unspecified atom stereocenters. The highest BCUT2D eigenvalue weighted by molar-refractivity contribution is 7.15. The molecule has 1 aromatic heterocycles. The molecule has 29 heavy (non-hydrogen) atoms. The van der Waals surface area contributed by atoms with Gasteiger partial charge in [-0.3, -0.25) is 9.59 Å². The molecule has 154 valence electrons. The molecule has 3 rings (SSSR count). The number of thiophene rings is 1. The molecule has 0 saturated heterocycles. The van der Waals surface area contributed by atoms with Gasteiger partial charge in [0.2, 0.25) is 0 Å². The molecule has 7 heteroatoms. The summed E-state index contributed by atoms with van der Waals surface area (Å²) >= 11 is 1.24. The predicted molar refractivity (Wildman–Crippen MR) is 112 cm³/mol. The van der Waals surface area contributed by atoms with Crippen LogP contribution in [-0.4, -0.2) is 31.1 Å². The Morgan fingerprint density at radius 2 is 1.79 bits per heavy atom. The van der Waals surface area contributed by atoms with Crippen molar-refractivity contribution in [1.82, 2.24) is 0 Å². The zero-order chi connectivity index (χ0) is 20.6. The van der Waals surface area contributed by atoms with E-state index in [0.717, 1.165) is 37.7 Å². The molecule has 0 spiro atoms. The summed E-state index contributed by atoms with van der Waals surface area (Å²) in [6, 6.07) is 9.43. The second kappa shape index (κ2) is 10.2. The summed E-state index contributed by atoms with van der Waals surface area (Å²) in [4.78, 5) is 37.0.